The summed E-state index contributed by atoms with van der Waals surface area (Å²) in [5.41, 5.74) is 3.28. The average Bonchev–Trinajstić information content (AvgIpc) is 3.07. The molecule has 1 heterocycles. The lowest BCUT2D eigenvalue weighted by molar-refractivity contribution is -0.143. The van der Waals surface area contributed by atoms with E-state index in [1.807, 2.05) is 61.5 Å². The summed E-state index contributed by atoms with van der Waals surface area (Å²) in [5.74, 6) is -0.742. The molecule has 0 saturated heterocycles. The zero-order valence-electron chi connectivity index (χ0n) is 17.3. The van der Waals surface area contributed by atoms with Gasteiger partial charge in [-0.2, -0.15) is 5.26 Å². The van der Waals surface area contributed by atoms with Crippen LogP contribution in [0.2, 0.25) is 0 Å². The number of rotatable bonds is 6. The average molecular weight is 401 g/mol. The Labute approximate surface area is 175 Å². The monoisotopic (exact) mass is 401 g/mol. The van der Waals surface area contributed by atoms with Crippen molar-refractivity contribution in [2.75, 3.05) is 18.6 Å². The van der Waals surface area contributed by atoms with Gasteiger partial charge in [0, 0.05) is 35.4 Å². The molecule has 6 nitrogen and oxygen atoms in total. The van der Waals surface area contributed by atoms with Crippen LogP contribution in [-0.2, 0) is 20.9 Å². The number of benzene rings is 2. The molecule has 6 heteroatoms. The standard InChI is InChI=1S/C24H23N3O3/c1-4-30-23(28)16-27-15-19(21-12-17(2)10-11-22(21)27)13-18(14-25)24(29)26(3)20-8-6-5-7-9-20/h5-13,15H,4,16H2,1-3H3/b18-13+. The van der Waals surface area contributed by atoms with Crippen molar-refractivity contribution >= 4 is 34.5 Å². The summed E-state index contributed by atoms with van der Waals surface area (Å²) in [6, 6.07) is 17.0. The minimum atomic E-state index is -0.400. The number of nitrogens with zero attached hydrogens (tertiary/aromatic N) is 3. The zero-order valence-corrected chi connectivity index (χ0v) is 17.3. The number of ether oxygens (including phenoxy) is 1. The number of para-hydroxylation sites is 1. The number of anilines is 1. The van der Waals surface area contributed by atoms with Gasteiger partial charge in [0.05, 0.1) is 6.61 Å². The molecular formula is C24H23N3O3. The SMILES string of the molecule is CCOC(=O)Cn1cc(/C=C(\C#N)C(=O)N(C)c2ccccc2)c2cc(C)ccc21. The van der Waals surface area contributed by atoms with Crippen molar-refractivity contribution in [3.05, 3.63) is 71.4 Å². The number of likely N-dealkylation sites (N-methyl/N-ethyl adjacent to an activating group) is 1. The van der Waals surface area contributed by atoms with Gasteiger partial charge in [-0.25, -0.2) is 0 Å². The van der Waals surface area contributed by atoms with E-state index in [0.717, 1.165) is 16.5 Å². The van der Waals surface area contributed by atoms with E-state index in [9.17, 15) is 14.9 Å². The molecule has 1 aromatic heterocycles. The molecule has 0 spiro atoms. The van der Waals surface area contributed by atoms with E-state index >= 15 is 0 Å². The molecular weight excluding hydrogens is 378 g/mol. The minimum absolute atomic E-state index is 0.0121. The van der Waals surface area contributed by atoms with E-state index in [-0.39, 0.29) is 18.1 Å². The lowest BCUT2D eigenvalue weighted by atomic mass is 10.1. The molecule has 0 radical (unpaired) electrons. The highest BCUT2D eigenvalue weighted by Crippen LogP contribution is 2.26. The van der Waals surface area contributed by atoms with Crippen LogP contribution in [0.25, 0.3) is 17.0 Å². The molecule has 0 aliphatic heterocycles. The number of esters is 1. The number of aromatic nitrogens is 1. The fourth-order valence-electron chi connectivity index (χ4n) is 3.28. The molecule has 152 valence electrons. The maximum atomic E-state index is 12.9. The highest BCUT2D eigenvalue weighted by Gasteiger charge is 2.18. The zero-order chi connectivity index (χ0) is 21.7. The van der Waals surface area contributed by atoms with Crippen LogP contribution in [0.5, 0.6) is 0 Å². The van der Waals surface area contributed by atoms with Gasteiger partial charge in [0.25, 0.3) is 5.91 Å². The molecule has 30 heavy (non-hydrogen) atoms. The van der Waals surface area contributed by atoms with E-state index in [2.05, 4.69) is 0 Å². The van der Waals surface area contributed by atoms with Crippen LogP contribution >= 0.6 is 0 Å². The van der Waals surface area contributed by atoms with Crippen molar-refractivity contribution < 1.29 is 14.3 Å². The second kappa shape index (κ2) is 9.10. The lowest BCUT2D eigenvalue weighted by Gasteiger charge is -2.16. The number of fused-ring (bicyclic) bond motifs is 1. The largest absolute Gasteiger partial charge is 0.465 e. The molecule has 0 aliphatic carbocycles. The predicted molar refractivity (Wildman–Crippen MR) is 117 cm³/mol. The Morgan fingerprint density at radius 2 is 1.93 bits per heavy atom. The first kappa shape index (κ1) is 20.9. The number of carbonyl (C=O) groups is 2. The highest BCUT2D eigenvalue weighted by molar-refractivity contribution is 6.11. The normalized spacial score (nSPS) is 11.2. The smallest absolute Gasteiger partial charge is 0.325 e. The molecule has 0 saturated carbocycles. The second-order valence-electron chi connectivity index (χ2n) is 6.91. The molecule has 1 amide bonds. The molecule has 3 rings (SSSR count). The third-order valence-corrected chi connectivity index (χ3v) is 4.77. The summed E-state index contributed by atoms with van der Waals surface area (Å²) in [4.78, 5) is 26.3. The van der Waals surface area contributed by atoms with Crippen molar-refractivity contribution in [3.63, 3.8) is 0 Å². The maximum absolute atomic E-state index is 12.9. The molecule has 0 unspecified atom stereocenters. The van der Waals surface area contributed by atoms with Gasteiger partial charge >= 0.3 is 5.97 Å². The number of aryl methyl sites for hydroxylation is 1. The summed E-state index contributed by atoms with van der Waals surface area (Å²) >= 11 is 0. The van der Waals surface area contributed by atoms with Gasteiger partial charge in [-0.1, -0.05) is 29.8 Å². The minimum Gasteiger partial charge on any atom is -0.465 e. The number of nitriles is 1. The lowest BCUT2D eigenvalue weighted by Crippen LogP contribution is -2.27. The van der Waals surface area contributed by atoms with Gasteiger partial charge < -0.3 is 14.2 Å². The van der Waals surface area contributed by atoms with E-state index in [1.54, 1.807) is 30.8 Å². The molecule has 0 atom stereocenters. The van der Waals surface area contributed by atoms with Gasteiger partial charge in [0.1, 0.15) is 18.2 Å². The quantitative estimate of drug-likeness (QED) is 0.354. The molecule has 0 aliphatic rings. The Hall–Kier alpha value is -3.85. The van der Waals surface area contributed by atoms with Crippen LogP contribution in [-0.4, -0.2) is 30.1 Å². The second-order valence-corrected chi connectivity index (χ2v) is 6.91. The van der Waals surface area contributed by atoms with Crippen LogP contribution in [0.1, 0.15) is 18.1 Å². The van der Waals surface area contributed by atoms with E-state index < -0.39 is 5.91 Å². The third-order valence-electron chi connectivity index (χ3n) is 4.77. The third kappa shape index (κ3) is 4.41. The first-order chi connectivity index (χ1) is 14.4. The molecule has 3 aromatic rings. The Bertz CT molecular complexity index is 1150. The Kier molecular flexibility index (Phi) is 6.33. The number of hydrogen-bond acceptors (Lipinski definition) is 4. The van der Waals surface area contributed by atoms with Crippen LogP contribution in [0, 0.1) is 18.3 Å². The highest BCUT2D eigenvalue weighted by atomic mass is 16.5. The Balaban J connectivity index is 2.02. The first-order valence-electron chi connectivity index (χ1n) is 9.64. The van der Waals surface area contributed by atoms with Gasteiger partial charge in [-0.05, 0) is 44.2 Å². The molecule has 2 aromatic carbocycles. The molecule has 0 N–H and O–H groups in total. The van der Waals surface area contributed by atoms with Crippen molar-refractivity contribution in [1.82, 2.24) is 4.57 Å². The van der Waals surface area contributed by atoms with E-state index in [0.29, 0.717) is 17.9 Å². The van der Waals surface area contributed by atoms with Crippen LogP contribution in [0.3, 0.4) is 0 Å². The van der Waals surface area contributed by atoms with Gasteiger partial charge in [0.2, 0.25) is 0 Å². The number of carbonyl (C=O) groups excluding carboxylic acids is 2. The predicted octanol–water partition coefficient (Wildman–Crippen LogP) is 4.08. The van der Waals surface area contributed by atoms with Gasteiger partial charge in [-0.15, -0.1) is 0 Å². The fourth-order valence-corrected chi connectivity index (χ4v) is 3.28. The van der Waals surface area contributed by atoms with E-state index in [4.69, 9.17) is 4.74 Å². The van der Waals surface area contributed by atoms with Crippen LogP contribution < -0.4 is 4.90 Å². The van der Waals surface area contributed by atoms with Crippen molar-refractivity contribution in [3.8, 4) is 6.07 Å². The molecule has 0 fully saturated rings. The van der Waals surface area contributed by atoms with Crippen molar-refractivity contribution in [2.45, 2.75) is 20.4 Å². The maximum Gasteiger partial charge on any atom is 0.325 e. The number of hydrogen-bond donors (Lipinski definition) is 0. The summed E-state index contributed by atoms with van der Waals surface area (Å²) in [6.45, 7) is 4.09. The summed E-state index contributed by atoms with van der Waals surface area (Å²) in [6.07, 6.45) is 3.35. The van der Waals surface area contributed by atoms with Crippen LogP contribution in [0.15, 0.2) is 60.3 Å². The fraction of sp³-hybridized carbons (Fsp3) is 0.208. The summed E-state index contributed by atoms with van der Waals surface area (Å²) < 4.78 is 6.84. The van der Waals surface area contributed by atoms with Gasteiger partial charge in [0.15, 0.2) is 0 Å². The topological polar surface area (TPSA) is 75.3 Å². The Morgan fingerprint density at radius 3 is 2.60 bits per heavy atom. The Morgan fingerprint density at radius 1 is 1.20 bits per heavy atom. The van der Waals surface area contributed by atoms with Crippen molar-refractivity contribution in [2.24, 2.45) is 0 Å². The first-order valence-corrected chi connectivity index (χ1v) is 9.64. The summed E-state index contributed by atoms with van der Waals surface area (Å²) in [7, 11) is 1.64. The summed E-state index contributed by atoms with van der Waals surface area (Å²) in [5, 5.41) is 10.5. The van der Waals surface area contributed by atoms with Crippen LogP contribution in [0.4, 0.5) is 5.69 Å². The number of amides is 1. The van der Waals surface area contributed by atoms with Gasteiger partial charge in [-0.3, -0.25) is 9.59 Å². The molecule has 0 bridgehead atoms. The van der Waals surface area contributed by atoms with Crippen molar-refractivity contribution in [1.29, 1.82) is 5.26 Å². The van der Waals surface area contributed by atoms with E-state index in [1.165, 1.54) is 4.90 Å².